The predicted molar refractivity (Wildman–Crippen MR) is 111 cm³/mol. The molecule has 4 heterocycles. The maximum Gasteiger partial charge on any atom is 0.253 e. The third kappa shape index (κ3) is 2.28. The van der Waals surface area contributed by atoms with E-state index in [4.69, 9.17) is 0 Å². The first-order valence-corrected chi connectivity index (χ1v) is 9.49. The van der Waals surface area contributed by atoms with Crippen molar-refractivity contribution in [3.05, 3.63) is 66.1 Å². The van der Waals surface area contributed by atoms with E-state index in [0.717, 1.165) is 44.0 Å². The topological polar surface area (TPSA) is 106 Å². The SMILES string of the molecule is O=C(C1Cc2c(ccc3[nH]ccc23)N1)n1ccc2c3cc(C(O)O)[nH]c3ccc21. The Bertz CT molecular complexity index is 1420. The number of carbonyl (C=O) groups excluding carboxylic acids is 1. The number of aliphatic hydroxyl groups excluding tert-OH is 1. The molecule has 1 atom stereocenters. The van der Waals surface area contributed by atoms with Gasteiger partial charge in [-0.05, 0) is 48.0 Å². The van der Waals surface area contributed by atoms with Crippen molar-refractivity contribution in [1.82, 2.24) is 14.5 Å². The molecular weight excluding hydrogens is 368 g/mol. The number of aliphatic hydroxyl groups is 2. The Morgan fingerprint density at radius 3 is 2.76 bits per heavy atom. The summed E-state index contributed by atoms with van der Waals surface area (Å²) in [5.41, 5.74) is 5.16. The van der Waals surface area contributed by atoms with Crippen molar-refractivity contribution in [2.75, 3.05) is 5.32 Å². The molecule has 5 aromatic rings. The predicted octanol–water partition coefficient (Wildman–Crippen LogP) is 3.26. The summed E-state index contributed by atoms with van der Waals surface area (Å²) in [4.78, 5) is 19.5. The smallest absolute Gasteiger partial charge is 0.253 e. The lowest BCUT2D eigenvalue weighted by Crippen LogP contribution is -2.31. The second-order valence-electron chi connectivity index (χ2n) is 7.51. The fourth-order valence-corrected chi connectivity index (χ4v) is 4.49. The lowest BCUT2D eigenvalue weighted by atomic mass is 10.1. The molecule has 6 rings (SSSR count). The molecule has 1 unspecified atom stereocenters. The highest BCUT2D eigenvalue weighted by atomic mass is 16.5. The van der Waals surface area contributed by atoms with Crippen molar-refractivity contribution in [1.29, 1.82) is 0 Å². The Hall–Kier alpha value is -3.55. The summed E-state index contributed by atoms with van der Waals surface area (Å²) in [6.45, 7) is 0. The van der Waals surface area contributed by atoms with E-state index in [1.165, 1.54) is 0 Å². The quantitative estimate of drug-likeness (QED) is 0.300. The van der Waals surface area contributed by atoms with Gasteiger partial charge in [-0.3, -0.25) is 9.36 Å². The first kappa shape index (κ1) is 16.4. The zero-order chi connectivity index (χ0) is 19.7. The molecular formula is C22H18N4O3. The minimum atomic E-state index is -1.56. The molecule has 1 aliphatic heterocycles. The van der Waals surface area contributed by atoms with Crippen LogP contribution in [0.25, 0.3) is 32.7 Å². The average molecular weight is 386 g/mol. The molecule has 144 valence electrons. The third-order valence-corrected chi connectivity index (χ3v) is 5.89. The minimum Gasteiger partial charge on any atom is -0.373 e. The van der Waals surface area contributed by atoms with Crippen LogP contribution in [0.2, 0.25) is 0 Å². The largest absolute Gasteiger partial charge is 0.373 e. The van der Waals surface area contributed by atoms with Gasteiger partial charge in [-0.2, -0.15) is 0 Å². The van der Waals surface area contributed by atoms with Crippen molar-refractivity contribution in [2.24, 2.45) is 0 Å². The molecule has 7 heteroatoms. The number of nitrogens with one attached hydrogen (secondary N) is 3. The summed E-state index contributed by atoms with van der Waals surface area (Å²) >= 11 is 0. The van der Waals surface area contributed by atoms with Crippen molar-refractivity contribution in [3.63, 3.8) is 0 Å². The fraction of sp³-hybridized carbons (Fsp3) is 0.136. The van der Waals surface area contributed by atoms with Crippen LogP contribution in [0.15, 0.2) is 54.9 Å². The zero-order valence-electron chi connectivity index (χ0n) is 15.3. The normalized spacial score (nSPS) is 16.2. The maximum atomic E-state index is 13.3. The van der Waals surface area contributed by atoms with E-state index in [2.05, 4.69) is 15.3 Å². The van der Waals surface area contributed by atoms with Gasteiger partial charge in [0.2, 0.25) is 0 Å². The number of hydrogen-bond donors (Lipinski definition) is 5. The Kier molecular flexibility index (Phi) is 3.24. The first-order valence-electron chi connectivity index (χ1n) is 9.49. The Morgan fingerprint density at radius 2 is 1.90 bits per heavy atom. The van der Waals surface area contributed by atoms with Crippen LogP contribution in [0.4, 0.5) is 5.69 Å². The monoisotopic (exact) mass is 386 g/mol. The van der Waals surface area contributed by atoms with Crippen LogP contribution in [-0.4, -0.2) is 36.7 Å². The summed E-state index contributed by atoms with van der Waals surface area (Å²) in [5, 5.41) is 25.1. The van der Waals surface area contributed by atoms with Crippen LogP contribution in [-0.2, 0) is 6.42 Å². The molecule has 0 aliphatic carbocycles. The molecule has 1 aliphatic rings. The number of rotatable bonds is 2. The number of carbonyl (C=O) groups is 1. The van der Waals surface area contributed by atoms with E-state index in [1.807, 2.05) is 42.6 Å². The van der Waals surface area contributed by atoms with Crippen molar-refractivity contribution in [2.45, 2.75) is 18.8 Å². The molecule has 0 saturated heterocycles. The van der Waals surface area contributed by atoms with Crippen LogP contribution in [0.3, 0.4) is 0 Å². The molecule has 0 radical (unpaired) electrons. The molecule has 0 spiro atoms. The second kappa shape index (κ2) is 5.73. The molecule has 0 saturated carbocycles. The van der Waals surface area contributed by atoms with Gasteiger partial charge in [0.05, 0.1) is 11.2 Å². The van der Waals surface area contributed by atoms with Crippen molar-refractivity contribution >= 4 is 44.3 Å². The van der Waals surface area contributed by atoms with E-state index in [1.54, 1.807) is 16.8 Å². The standard InChI is InChI=1S/C22H18N4O3/c27-21(18-9-13-11-5-7-23-15(11)1-2-16(13)24-18)26-8-6-12-14-10-19(22(28)29)25-17(14)3-4-20(12)26/h1-8,10,18,22-25,28-29H,9H2. The number of aromatic amines is 2. The highest BCUT2D eigenvalue weighted by Crippen LogP contribution is 2.34. The van der Waals surface area contributed by atoms with Crippen LogP contribution in [0.1, 0.15) is 22.3 Å². The number of nitrogens with zero attached hydrogens (tertiary/aromatic N) is 1. The van der Waals surface area contributed by atoms with E-state index < -0.39 is 6.29 Å². The van der Waals surface area contributed by atoms with Gasteiger partial charge >= 0.3 is 0 Å². The van der Waals surface area contributed by atoms with Gasteiger partial charge in [0.15, 0.2) is 6.29 Å². The van der Waals surface area contributed by atoms with E-state index >= 15 is 0 Å². The highest BCUT2D eigenvalue weighted by molar-refractivity contribution is 6.09. The molecule has 0 fully saturated rings. The average Bonchev–Trinajstić information content (AvgIpc) is 3.49. The van der Waals surface area contributed by atoms with Gasteiger partial charge in [-0.25, -0.2) is 0 Å². The van der Waals surface area contributed by atoms with Gasteiger partial charge in [-0.1, -0.05) is 0 Å². The first-order chi connectivity index (χ1) is 14.1. The molecule has 7 nitrogen and oxygen atoms in total. The Labute approximate surface area is 164 Å². The zero-order valence-corrected chi connectivity index (χ0v) is 15.3. The van der Waals surface area contributed by atoms with Crippen LogP contribution < -0.4 is 5.32 Å². The van der Waals surface area contributed by atoms with Gasteiger partial charge < -0.3 is 25.5 Å². The summed E-state index contributed by atoms with van der Waals surface area (Å²) in [5.74, 6) is -0.0165. The highest BCUT2D eigenvalue weighted by Gasteiger charge is 2.30. The number of anilines is 1. The van der Waals surface area contributed by atoms with Crippen LogP contribution in [0.5, 0.6) is 0 Å². The van der Waals surface area contributed by atoms with Crippen LogP contribution in [0, 0.1) is 0 Å². The lowest BCUT2D eigenvalue weighted by Gasteiger charge is -2.12. The van der Waals surface area contributed by atoms with E-state index in [0.29, 0.717) is 12.1 Å². The molecule has 5 N–H and O–H groups in total. The molecule has 3 aromatic heterocycles. The molecule has 0 bridgehead atoms. The van der Waals surface area contributed by atoms with E-state index in [-0.39, 0.29) is 11.9 Å². The molecule has 2 aromatic carbocycles. The second-order valence-corrected chi connectivity index (χ2v) is 7.51. The van der Waals surface area contributed by atoms with E-state index in [9.17, 15) is 15.0 Å². The maximum absolute atomic E-state index is 13.3. The number of benzene rings is 2. The number of H-pyrrole nitrogens is 2. The summed E-state index contributed by atoms with van der Waals surface area (Å²) < 4.78 is 1.68. The summed E-state index contributed by atoms with van der Waals surface area (Å²) in [6.07, 6.45) is 2.77. The summed E-state index contributed by atoms with van der Waals surface area (Å²) in [6, 6.07) is 13.1. The van der Waals surface area contributed by atoms with Crippen molar-refractivity contribution in [3.8, 4) is 0 Å². The van der Waals surface area contributed by atoms with Gasteiger partial charge in [0.1, 0.15) is 6.04 Å². The van der Waals surface area contributed by atoms with Gasteiger partial charge in [0.25, 0.3) is 5.91 Å². The van der Waals surface area contributed by atoms with Gasteiger partial charge in [-0.15, -0.1) is 0 Å². The number of fused-ring (bicyclic) bond motifs is 6. The fourth-order valence-electron chi connectivity index (χ4n) is 4.49. The molecule has 29 heavy (non-hydrogen) atoms. The lowest BCUT2D eigenvalue weighted by molar-refractivity contribution is -0.0453. The Balaban J connectivity index is 1.40. The molecule has 0 amide bonds. The van der Waals surface area contributed by atoms with Crippen molar-refractivity contribution < 1.29 is 15.0 Å². The third-order valence-electron chi connectivity index (χ3n) is 5.89. The number of hydrogen-bond acceptors (Lipinski definition) is 4. The minimum absolute atomic E-state index is 0.0165. The van der Waals surface area contributed by atoms with Gasteiger partial charge in [0, 0.05) is 51.7 Å². The number of aromatic nitrogens is 3. The Morgan fingerprint density at radius 1 is 1.03 bits per heavy atom. The summed E-state index contributed by atoms with van der Waals surface area (Å²) in [7, 11) is 0. The van der Waals surface area contributed by atoms with Crippen LogP contribution >= 0.6 is 0 Å².